The molecular weight excluding hydrogens is 653 g/mol. The number of esters is 2. The summed E-state index contributed by atoms with van der Waals surface area (Å²) in [5, 5.41) is 0. The largest absolute Gasteiger partial charge is 0.472 e. The van der Waals surface area contributed by atoms with Crippen molar-refractivity contribution < 1.29 is 127 Å². The van der Waals surface area contributed by atoms with E-state index in [0.717, 1.165) is 0 Å². The van der Waals surface area contributed by atoms with Crippen LogP contribution in [0.3, 0.4) is 0 Å². The first-order chi connectivity index (χ1) is 47.3. The number of carbonyl (C=O) groups excluding carboxylic acids is 2. The number of likely N-dealkylation sites (N-methyl/N-ethyl adjacent to an activating group) is 1. The molecule has 10 heteroatoms. The summed E-state index contributed by atoms with van der Waals surface area (Å²) in [4.78, 5) is 38.2. The van der Waals surface area contributed by atoms with Gasteiger partial charge in [0.1, 0.15) is 19.8 Å². The van der Waals surface area contributed by atoms with Crippen molar-refractivity contribution in [2.45, 2.75) is 198 Å². The molecule has 1 unspecified atom stereocenters. The number of ether oxygens (including phenoxy) is 2. The fourth-order valence-electron chi connectivity index (χ4n) is 2.00. The van der Waals surface area contributed by atoms with Crippen molar-refractivity contribution in [2.24, 2.45) is 0 Å². The summed E-state index contributed by atoms with van der Waals surface area (Å²) in [6.45, 7) is -13.8. The lowest BCUT2D eigenvalue weighted by atomic mass is 10.0. The van der Waals surface area contributed by atoms with Gasteiger partial charge in [0.2, 0.25) is 0 Å². The molecule has 0 amide bonds. The minimum Gasteiger partial charge on any atom is -0.462 e. The Morgan fingerprint density at radius 1 is 0.600 bits per heavy atom. The van der Waals surface area contributed by atoms with Crippen molar-refractivity contribution in [1.29, 1.82) is 0 Å². The molecule has 0 aliphatic heterocycles. The van der Waals surface area contributed by atoms with Gasteiger partial charge in [0, 0.05) is 97.7 Å². The first kappa shape index (κ1) is 9.33. The molecule has 0 rings (SSSR count). The van der Waals surface area contributed by atoms with E-state index < -0.39 is 238 Å². The second-order valence-electron chi connectivity index (χ2n) is 8.74. The van der Waals surface area contributed by atoms with Crippen LogP contribution in [0.2, 0.25) is 0 Å². The third-order valence-corrected chi connectivity index (χ3v) is 4.93. The van der Waals surface area contributed by atoms with E-state index in [0.29, 0.717) is 0 Å². The monoisotopic (exact) mass is 797 g/mol. The lowest BCUT2D eigenvalue weighted by molar-refractivity contribution is -0.870. The van der Waals surface area contributed by atoms with Crippen LogP contribution in [-0.2, 0) is 32.7 Å². The highest BCUT2D eigenvalue weighted by Gasteiger charge is 2.27. The minimum atomic E-state index is -5.70. The van der Waals surface area contributed by atoms with Gasteiger partial charge in [-0.25, -0.2) is 4.57 Å². The molecule has 0 saturated heterocycles. The van der Waals surface area contributed by atoms with Crippen molar-refractivity contribution in [2.75, 3.05) is 47.5 Å². The Morgan fingerprint density at radius 2 is 0.980 bits per heavy atom. The SMILES string of the molecule is [2H]C([2H])([2H])C([2H])([2H])C([2H])([2H])C([2H])([2H])C([2H])([2H])C([2H])([2H])C([2H])([2H])C([2H])([2H])C([2H])([2H])C([2H])([2H])C([2H])([2H])C([2H])([2H])C([2H])([2H])C(=O)OC[C@H](COP(=O)(O)OCC[N+](C)(C)C)OC(=O)C([2H])([2H])C([2H])([2H])C([2H])([2H])C([2H])([2H])C([2H])([2H])C([2H])([2H])C([2H])([2H])C([2H])([2H])C([2H])([2H])C([2H])([2H])C([2H])([2H])C([2H])([2H])C([2H])([2H])C([2H])([2H])C([2H])([2H])C([2H])([2H])C([2H])([2H])[2H]. The van der Waals surface area contributed by atoms with Gasteiger partial charge in [-0.15, -0.1) is 0 Å². The van der Waals surface area contributed by atoms with E-state index in [9.17, 15) is 19.0 Å². The van der Waals surface area contributed by atoms with Crippen molar-refractivity contribution in [3.8, 4) is 0 Å². The van der Waals surface area contributed by atoms with Crippen LogP contribution in [0.5, 0.6) is 0 Å². The van der Waals surface area contributed by atoms with E-state index >= 15 is 0 Å². The number of rotatable bonds is 38. The second kappa shape index (κ2) is 33.8. The average molecular weight is 797 g/mol. The molecule has 0 aromatic rings. The Kier molecular flexibility index (Phi) is 6.31. The smallest absolute Gasteiger partial charge is 0.462 e. The molecule has 0 aliphatic carbocycles. The molecule has 0 heterocycles. The number of nitrogens with zero attached hydrogens (tertiary/aromatic N) is 1. The van der Waals surface area contributed by atoms with Gasteiger partial charge in [0.25, 0.3) is 0 Å². The van der Waals surface area contributed by atoms with Crippen molar-refractivity contribution in [3.05, 3.63) is 0 Å². The van der Waals surface area contributed by atoms with Gasteiger partial charge in [-0.1, -0.05) is 167 Å². The van der Waals surface area contributed by atoms with Crippen molar-refractivity contribution in [3.63, 3.8) is 0 Å². The number of quaternary nitrogens is 1. The Morgan fingerprint density at radius 3 is 1.38 bits per heavy atom. The van der Waals surface area contributed by atoms with Crippen LogP contribution in [0, 0.1) is 0 Å². The van der Waals surface area contributed by atoms with Gasteiger partial charge in [-0.05, 0) is 12.7 Å². The van der Waals surface area contributed by atoms with E-state index in [1.54, 1.807) is 0 Å². The fraction of sp³-hybridized carbons (Fsp3) is 0.950. The average Bonchev–Trinajstić information content (AvgIpc) is 0.681. The highest BCUT2D eigenvalue weighted by atomic mass is 31.2. The van der Waals surface area contributed by atoms with E-state index in [1.165, 1.54) is 21.1 Å². The highest BCUT2D eigenvalue weighted by molar-refractivity contribution is 7.47. The molecule has 0 radical (unpaired) electrons. The zero-order valence-electron chi connectivity index (χ0n) is 88.6. The first-order valence-electron chi connectivity index (χ1n) is 44.1. The molecule has 0 spiro atoms. The molecule has 0 saturated carbocycles. The van der Waals surface area contributed by atoms with Gasteiger partial charge in [0.05, 0.1) is 27.7 Å². The Bertz CT molecular complexity index is 3410. The third kappa shape index (κ3) is 36.8. The molecule has 0 aliphatic rings. The fourth-order valence-corrected chi connectivity index (χ4v) is 2.74. The summed E-state index contributed by atoms with van der Waals surface area (Å²) in [7, 11) is -1.28. The molecule has 0 fully saturated rings. The molecule has 9 nitrogen and oxygen atoms in total. The van der Waals surface area contributed by atoms with Gasteiger partial charge in [-0.3, -0.25) is 18.6 Å². The maximum absolute atomic E-state index is 14.0. The van der Waals surface area contributed by atoms with Gasteiger partial charge in [-0.2, -0.15) is 0 Å². The summed E-state index contributed by atoms with van der Waals surface area (Å²) in [6.07, 6.45) is -151. The van der Waals surface area contributed by atoms with Crippen LogP contribution in [-0.4, -0.2) is 74.9 Å². The van der Waals surface area contributed by atoms with Crippen LogP contribution in [0.15, 0.2) is 0 Å². The number of phosphoric acid groups is 1. The van der Waals surface area contributed by atoms with Crippen LogP contribution in [0.25, 0.3) is 0 Å². The van der Waals surface area contributed by atoms with Crippen LogP contribution in [0.1, 0.15) is 277 Å². The van der Waals surface area contributed by atoms with Crippen molar-refractivity contribution >= 4 is 19.8 Å². The third-order valence-electron chi connectivity index (χ3n) is 3.94. The molecule has 0 aromatic heterocycles. The lowest BCUT2D eigenvalue weighted by Crippen LogP contribution is -2.37. The van der Waals surface area contributed by atoms with Gasteiger partial charge < -0.3 is 18.9 Å². The molecule has 2 atom stereocenters. The second-order valence-corrected chi connectivity index (χ2v) is 10.2. The summed E-state index contributed by atoms with van der Waals surface area (Å²) in [5.74, 6) is -6.15. The number of carbonyl (C=O) groups is 2. The van der Waals surface area contributed by atoms with E-state index in [1.807, 2.05) is 0 Å². The summed E-state index contributed by atoms with van der Waals surface area (Å²) in [6, 6.07) is 0. The predicted molar refractivity (Wildman–Crippen MR) is 206 cm³/mol. The molecule has 50 heavy (non-hydrogen) atoms. The minimum absolute atomic E-state index is 0.0661. The predicted octanol–water partition coefficient (Wildman–Crippen LogP) is 11.2. The van der Waals surface area contributed by atoms with Gasteiger partial charge in [0.15, 0.2) is 6.10 Å². The van der Waals surface area contributed by atoms with Gasteiger partial charge >= 0.3 is 19.8 Å². The van der Waals surface area contributed by atoms with Crippen LogP contribution < -0.4 is 0 Å². The Labute approximate surface area is 395 Å². The first-order valence-corrected chi connectivity index (χ1v) is 14.6. The van der Waals surface area contributed by atoms with E-state index in [-0.39, 0.29) is 11.0 Å². The zero-order chi connectivity index (χ0) is 92.4. The van der Waals surface area contributed by atoms with Crippen LogP contribution >= 0.6 is 7.82 Å². The van der Waals surface area contributed by atoms with E-state index in [2.05, 4.69) is 14.0 Å². The van der Waals surface area contributed by atoms with E-state index in [4.69, 9.17) is 89.5 Å². The quantitative estimate of drug-likeness (QED) is 0.0374. The number of phosphoric ester groups is 1. The summed E-state index contributed by atoms with van der Waals surface area (Å²) in [5.41, 5.74) is 0. The Balaban J connectivity index is 8.28. The standard InChI is InChI=1S/C40H80NO8P/c1-6-8-10-12-14-16-18-19-20-21-23-25-27-29-31-33-40(43)49-38(37-48-50(44,45)47-35-34-41(3,4)5)36-46-39(42)32-30-28-26-24-22-17-15-13-11-9-7-2/h38H,6-37H2,1-5H3/p+1/t38-/m1/s1/i1D3,2D3,6D2,7D2,8D2,9D2,10D2,11D2,12D2,13D2,14D2,15D2,16D2,17D2,18D2,19D2,20D2,21D2,22D2,23D2,24D2,25D2,26D2,27D2,28D2,29D2,30D2,31D2,32D2,33D2. The topological polar surface area (TPSA) is 108 Å². The van der Waals surface area contributed by atoms with Crippen LogP contribution in [0.4, 0.5) is 0 Å². The zero-order valence-corrected chi connectivity index (χ0v) is 27.5. The number of hydrogen-bond acceptors (Lipinski definition) is 7. The summed E-state index contributed by atoms with van der Waals surface area (Å²) >= 11 is 0. The number of hydrogen-bond donors (Lipinski definition) is 1. The normalized spacial score (nSPS) is 40.6. The maximum atomic E-state index is 14.0. The summed E-state index contributed by atoms with van der Waals surface area (Å²) < 4.78 is 541. The highest BCUT2D eigenvalue weighted by Crippen LogP contribution is 2.43. The Hall–Kier alpha value is -0.990. The molecular formula is C40H81NO8P+. The molecule has 0 aromatic carbocycles. The maximum Gasteiger partial charge on any atom is 0.472 e. The molecule has 1 N–H and O–H groups in total. The molecule has 0 bridgehead atoms. The lowest BCUT2D eigenvalue weighted by Gasteiger charge is -2.24. The van der Waals surface area contributed by atoms with Crippen molar-refractivity contribution in [1.82, 2.24) is 0 Å². The molecule has 298 valence electrons.